The summed E-state index contributed by atoms with van der Waals surface area (Å²) in [6.07, 6.45) is 0.0273. The molecule has 0 saturated carbocycles. The lowest BCUT2D eigenvalue weighted by atomic mass is 10.2. The average molecular weight is 335 g/mol. The van der Waals surface area contributed by atoms with Crippen molar-refractivity contribution in [3.05, 3.63) is 28.2 Å². The standard InChI is InChI=1S/C11H8Cl2N2O2S2/c12-5-2-1-3-6(9(5)13)14-8(16)4-7-10(17)15-11(18)19-7/h1-3,7H,4H2,(H,14,16)(H,15,17,18)/t7-/m1/s1. The third-order valence-electron chi connectivity index (χ3n) is 2.36. The average Bonchev–Trinajstić information content (AvgIpc) is 2.64. The Morgan fingerprint density at radius 1 is 1.47 bits per heavy atom. The van der Waals surface area contributed by atoms with E-state index in [0.29, 0.717) is 15.0 Å². The number of hydrogen-bond acceptors (Lipinski definition) is 4. The van der Waals surface area contributed by atoms with Gasteiger partial charge in [-0.1, -0.05) is 53.2 Å². The van der Waals surface area contributed by atoms with Gasteiger partial charge in [-0.2, -0.15) is 0 Å². The Morgan fingerprint density at radius 3 is 2.84 bits per heavy atom. The van der Waals surface area contributed by atoms with Gasteiger partial charge in [0.15, 0.2) is 0 Å². The van der Waals surface area contributed by atoms with Crippen molar-refractivity contribution in [2.24, 2.45) is 0 Å². The van der Waals surface area contributed by atoms with Crippen LogP contribution in [0.3, 0.4) is 0 Å². The molecule has 1 aromatic carbocycles. The smallest absolute Gasteiger partial charge is 0.239 e. The van der Waals surface area contributed by atoms with E-state index >= 15 is 0 Å². The second kappa shape index (κ2) is 6.09. The molecule has 1 aliphatic heterocycles. The van der Waals surface area contributed by atoms with Crippen LogP contribution in [0.5, 0.6) is 0 Å². The van der Waals surface area contributed by atoms with Crippen LogP contribution in [-0.2, 0) is 9.59 Å². The van der Waals surface area contributed by atoms with Crippen LogP contribution in [0.4, 0.5) is 5.69 Å². The quantitative estimate of drug-likeness (QED) is 0.834. The van der Waals surface area contributed by atoms with E-state index < -0.39 is 5.25 Å². The fourth-order valence-corrected chi connectivity index (χ4v) is 3.11. The monoisotopic (exact) mass is 334 g/mol. The van der Waals surface area contributed by atoms with Crippen molar-refractivity contribution in [3.8, 4) is 0 Å². The summed E-state index contributed by atoms with van der Waals surface area (Å²) in [7, 11) is 0. The van der Waals surface area contributed by atoms with E-state index in [9.17, 15) is 9.59 Å². The molecule has 4 nitrogen and oxygen atoms in total. The Kier molecular flexibility index (Phi) is 4.67. The third kappa shape index (κ3) is 3.60. The zero-order valence-corrected chi connectivity index (χ0v) is 12.6. The Hall–Kier alpha value is -0.820. The van der Waals surface area contributed by atoms with Crippen molar-refractivity contribution >= 4 is 69.0 Å². The number of thioether (sulfide) groups is 1. The Balaban J connectivity index is 2.00. The minimum absolute atomic E-state index is 0.0273. The zero-order chi connectivity index (χ0) is 14.0. The van der Waals surface area contributed by atoms with Gasteiger partial charge in [-0.15, -0.1) is 0 Å². The molecule has 0 unspecified atom stereocenters. The van der Waals surface area contributed by atoms with E-state index in [1.54, 1.807) is 18.2 Å². The number of hydrogen-bond donors (Lipinski definition) is 2. The summed E-state index contributed by atoms with van der Waals surface area (Å²) >= 11 is 17.8. The van der Waals surface area contributed by atoms with Gasteiger partial charge < -0.3 is 10.6 Å². The van der Waals surface area contributed by atoms with Gasteiger partial charge in [0.05, 0.1) is 21.0 Å². The van der Waals surface area contributed by atoms with Crippen molar-refractivity contribution in [2.45, 2.75) is 11.7 Å². The van der Waals surface area contributed by atoms with Crippen LogP contribution in [0.15, 0.2) is 18.2 Å². The second-order valence-electron chi connectivity index (χ2n) is 3.74. The topological polar surface area (TPSA) is 58.2 Å². The molecular weight excluding hydrogens is 327 g/mol. The molecule has 2 N–H and O–H groups in total. The first-order valence-corrected chi connectivity index (χ1v) is 7.27. The second-order valence-corrected chi connectivity index (χ2v) is 6.40. The molecule has 1 aromatic rings. The van der Waals surface area contributed by atoms with Gasteiger partial charge in [0.1, 0.15) is 4.32 Å². The fourth-order valence-electron chi connectivity index (χ4n) is 1.50. The molecule has 100 valence electrons. The van der Waals surface area contributed by atoms with Crippen LogP contribution >= 0.6 is 47.2 Å². The molecule has 19 heavy (non-hydrogen) atoms. The lowest BCUT2D eigenvalue weighted by Crippen LogP contribution is -2.27. The van der Waals surface area contributed by atoms with E-state index in [1.807, 2.05) is 0 Å². The molecule has 0 aromatic heterocycles. The largest absolute Gasteiger partial charge is 0.325 e. The highest BCUT2D eigenvalue weighted by Crippen LogP contribution is 2.30. The highest BCUT2D eigenvalue weighted by molar-refractivity contribution is 8.24. The molecule has 1 fully saturated rings. The van der Waals surface area contributed by atoms with Crippen molar-refractivity contribution in [1.82, 2.24) is 5.32 Å². The molecule has 1 heterocycles. The van der Waals surface area contributed by atoms with Gasteiger partial charge >= 0.3 is 0 Å². The van der Waals surface area contributed by atoms with Crippen molar-refractivity contribution < 1.29 is 9.59 Å². The fraction of sp³-hybridized carbons (Fsp3) is 0.182. The number of benzene rings is 1. The van der Waals surface area contributed by atoms with E-state index in [4.69, 9.17) is 35.4 Å². The van der Waals surface area contributed by atoms with E-state index in [1.165, 1.54) is 11.8 Å². The summed E-state index contributed by atoms with van der Waals surface area (Å²) in [5.74, 6) is -0.566. The summed E-state index contributed by atoms with van der Waals surface area (Å²) in [6.45, 7) is 0. The normalized spacial score (nSPS) is 18.3. The molecule has 2 rings (SSSR count). The van der Waals surface area contributed by atoms with E-state index in [2.05, 4.69) is 10.6 Å². The zero-order valence-electron chi connectivity index (χ0n) is 9.41. The van der Waals surface area contributed by atoms with Gasteiger partial charge in [0, 0.05) is 6.42 Å². The summed E-state index contributed by atoms with van der Waals surface area (Å²) in [5.41, 5.74) is 0.421. The first kappa shape index (κ1) is 14.6. The highest BCUT2D eigenvalue weighted by Gasteiger charge is 2.31. The van der Waals surface area contributed by atoms with Crippen LogP contribution in [-0.4, -0.2) is 21.4 Å². The minimum Gasteiger partial charge on any atom is -0.325 e. The SMILES string of the molecule is O=C(C[C@H]1SC(=S)NC1=O)Nc1cccc(Cl)c1Cl. The van der Waals surface area contributed by atoms with Crippen molar-refractivity contribution in [2.75, 3.05) is 5.32 Å². The maximum Gasteiger partial charge on any atom is 0.239 e. The highest BCUT2D eigenvalue weighted by atomic mass is 35.5. The summed E-state index contributed by atoms with van der Waals surface area (Å²) in [4.78, 5) is 23.3. The molecular formula is C11H8Cl2N2O2S2. The number of nitrogens with one attached hydrogen (secondary N) is 2. The van der Waals surface area contributed by atoms with Crippen LogP contribution in [0.2, 0.25) is 10.0 Å². The molecule has 8 heteroatoms. The number of anilines is 1. The summed E-state index contributed by atoms with van der Waals surface area (Å²) < 4.78 is 0.392. The first-order chi connectivity index (χ1) is 8.97. The predicted molar refractivity (Wildman–Crippen MR) is 81.8 cm³/mol. The van der Waals surface area contributed by atoms with Crippen molar-refractivity contribution in [3.63, 3.8) is 0 Å². The number of halogens is 2. The number of thiocarbonyl (C=S) groups is 1. The van der Waals surface area contributed by atoms with Gasteiger partial charge in [0.25, 0.3) is 0 Å². The molecule has 1 aliphatic rings. The number of rotatable bonds is 3. The van der Waals surface area contributed by atoms with Crippen LogP contribution in [0.25, 0.3) is 0 Å². The molecule has 1 atom stereocenters. The molecule has 2 amide bonds. The number of amides is 2. The van der Waals surface area contributed by atoms with Gasteiger partial charge in [-0.25, -0.2) is 0 Å². The Morgan fingerprint density at radius 2 is 2.21 bits per heavy atom. The van der Waals surface area contributed by atoms with Crippen LogP contribution in [0, 0.1) is 0 Å². The molecule has 0 spiro atoms. The lowest BCUT2D eigenvalue weighted by molar-refractivity contribution is -0.122. The van der Waals surface area contributed by atoms with Gasteiger partial charge in [-0.05, 0) is 12.1 Å². The van der Waals surface area contributed by atoms with Crippen molar-refractivity contribution in [1.29, 1.82) is 0 Å². The van der Waals surface area contributed by atoms with E-state index in [-0.39, 0.29) is 23.3 Å². The minimum atomic E-state index is -0.495. The van der Waals surface area contributed by atoms with E-state index in [0.717, 1.165) is 0 Å². The summed E-state index contributed by atoms with van der Waals surface area (Å²) in [6, 6.07) is 4.94. The number of carbonyl (C=O) groups is 2. The Bertz CT molecular complexity index is 566. The van der Waals surface area contributed by atoms with Gasteiger partial charge in [0.2, 0.25) is 11.8 Å². The predicted octanol–water partition coefficient (Wildman–Crippen LogP) is 2.84. The number of carbonyl (C=O) groups excluding carboxylic acids is 2. The first-order valence-electron chi connectivity index (χ1n) is 5.22. The maximum absolute atomic E-state index is 11.8. The third-order valence-corrected chi connectivity index (χ3v) is 4.55. The van der Waals surface area contributed by atoms with Gasteiger partial charge in [-0.3, -0.25) is 9.59 Å². The lowest BCUT2D eigenvalue weighted by Gasteiger charge is -2.09. The molecule has 0 radical (unpaired) electrons. The Labute approximate surface area is 129 Å². The molecule has 1 saturated heterocycles. The molecule has 0 aliphatic carbocycles. The molecule has 0 bridgehead atoms. The van der Waals surface area contributed by atoms with Crippen LogP contribution < -0.4 is 10.6 Å². The summed E-state index contributed by atoms with van der Waals surface area (Å²) in [5, 5.41) is 5.24. The maximum atomic E-state index is 11.8. The van der Waals surface area contributed by atoms with Crippen LogP contribution in [0.1, 0.15) is 6.42 Å².